The summed E-state index contributed by atoms with van der Waals surface area (Å²) in [5.74, 6) is 0.712. The molecule has 0 spiro atoms. The van der Waals surface area contributed by atoms with Crippen LogP contribution in [0.3, 0.4) is 0 Å². The molecule has 1 aliphatic heterocycles. The Kier molecular flexibility index (Phi) is 7.33. The van der Waals surface area contributed by atoms with E-state index in [1.54, 1.807) is 0 Å². The van der Waals surface area contributed by atoms with Gasteiger partial charge in [0.2, 0.25) is 0 Å². The Balaban J connectivity index is 2.73. The molecule has 0 aromatic rings. The predicted molar refractivity (Wildman–Crippen MR) is 84.7 cm³/mol. The van der Waals surface area contributed by atoms with E-state index in [1.165, 1.54) is 32.5 Å². The molecule has 1 rings (SSSR count). The molecule has 114 valence electrons. The minimum absolute atomic E-state index is 0.580. The maximum Gasteiger partial charge on any atom is 0.0247 e. The fourth-order valence-electron chi connectivity index (χ4n) is 3.15. The smallest absolute Gasteiger partial charge is 0.0247 e. The van der Waals surface area contributed by atoms with Crippen LogP contribution in [-0.2, 0) is 0 Å². The molecule has 0 aromatic carbocycles. The minimum atomic E-state index is 0.580. The van der Waals surface area contributed by atoms with Crippen LogP contribution in [0.2, 0.25) is 0 Å². The Bertz CT molecular complexity index is 240. The highest BCUT2D eigenvalue weighted by molar-refractivity contribution is 4.86. The number of hydrogen-bond donors (Lipinski definition) is 1. The van der Waals surface area contributed by atoms with Crippen molar-refractivity contribution in [2.24, 2.45) is 5.92 Å². The fourth-order valence-corrected chi connectivity index (χ4v) is 3.15. The third-order valence-electron chi connectivity index (χ3n) is 4.35. The zero-order valence-electron chi connectivity index (χ0n) is 13.9. The zero-order valence-corrected chi connectivity index (χ0v) is 13.9. The third kappa shape index (κ3) is 5.41. The second-order valence-corrected chi connectivity index (χ2v) is 6.79. The average Bonchev–Trinajstić information content (AvgIpc) is 2.50. The van der Waals surface area contributed by atoms with Gasteiger partial charge >= 0.3 is 0 Å². The second-order valence-electron chi connectivity index (χ2n) is 6.79. The third-order valence-corrected chi connectivity index (χ3v) is 4.35. The lowest BCUT2D eigenvalue weighted by Crippen LogP contribution is -2.52. The Hall–Kier alpha value is -0.120. The van der Waals surface area contributed by atoms with Gasteiger partial charge in [0, 0.05) is 37.8 Å². The van der Waals surface area contributed by atoms with Gasteiger partial charge in [-0.05, 0) is 32.4 Å². The topological polar surface area (TPSA) is 18.5 Å². The highest BCUT2D eigenvalue weighted by Gasteiger charge is 2.29. The molecular formula is C16H35N3. The van der Waals surface area contributed by atoms with Crippen LogP contribution in [0, 0.1) is 5.92 Å². The molecule has 1 aliphatic rings. The molecule has 3 heteroatoms. The first-order chi connectivity index (χ1) is 8.95. The van der Waals surface area contributed by atoms with Crippen molar-refractivity contribution in [1.29, 1.82) is 0 Å². The summed E-state index contributed by atoms with van der Waals surface area (Å²) in [5, 5.41) is 3.65. The maximum atomic E-state index is 3.65. The van der Waals surface area contributed by atoms with Gasteiger partial charge in [-0.2, -0.15) is 0 Å². The van der Waals surface area contributed by atoms with Crippen LogP contribution in [-0.4, -0.2) is 61.2 Å². The first-order valence-corrected chi connectivity index (χ1v) is 8.13. The molecule has 3 nitrogen and oxygen atoms in total. The molecule has 2 atom stereocenters. The SMILES string of the molecule is CCC1CN(C)CCCN1C(CNC(C)C)C(C)C. The molecule has 0 saturated carbocycles. The highest BCUT2D eigenvalue weighted by Crippen LogP contribution is 2.19. The number of hydrogen-bond acceptors (Lipinski definition) is 3. The van der Waals surface area contributed by atoms with Crippen molar-refractivity contribution < 1.29 is 0 Å². The van der Waals surface area contributed by atoms with E-state index in [9.17, 15) is 0 Å². The van der Waals surface area contributed by atoms with E-state index in [0.717, 1.165) is 6.54 Å². The van der Waals surface area contributed by atoms with Crippen LogP contribution in [0.25, 0.3) is 0 Å². The van der Waals surface area contributed by atoms with E-state index in [0.29, 0.717) is 24.0 Å². The zero-order chi connectivity index (χ0) is 14.4. The number of nitrogens with one attached hydrogen (secondary N) is 1. The number of nitrogens with zero attached hydrogens (tertiary/aromatic N) is 2. The first-order valence-electron chi connectivity index (χ1n) is 8.13. The molecule has 1 saturated heterocycles. The van der Waals surface area contributed by atoms with Crippen LogP contribution in [0.4, 0.5) is 0 Å². The van der Waals surface area contributed by atoms with Crippen LogP contribution in [0.5, 0.6) is 0 Å². The highest BCUT2D eigenvalue weighted by atomic mass is 15.3. The van der Waals surface area contributed by atoms with Crippen molar-refractivity contribution in [2.75, 3.05) is 33.2 Å². The number of rotatable bonds is 6. The Morgan fingerprint density at radius 1 is 1.16 bits per heavy atom. The molecule has 0 aromatic heterocycles. The molecule has 1 fully saturated rings. The van der Waals surface area contributed by atoms with Crippen molar-refractivity contribution in [2.45, 2.75) is 65.6 Å². The first kappa shape index (κ1) is 16.9. The van der Waals surface area contributed by atoms with E-state index in [-0.39, 0.29) is 0 Å². The lowest BCUT2D eigenvalue weighted by Gasteiger charge is -2.39. The lowest BCUT2D eigenvalue weighted by atomic mass is 9.99. The summed E-state index contributed by atoms with van der Waals surface area (Å²) in [6.07, 6.45) is 2.56. The van der Waals surface area contributed by atoms with Crippen molar-refractivity contribution in [1.82, 2.24) is 15.1 Å². The van der Waals surface area contributed by atoms with E-state index >= 15 is 0 Å². The normalized spacial score (nSPS) is 24.9. The van der Waals surface area contributed by atoms with E-state index in [1.807, 2.05) is 0 Å². The van der Waals surface area contributed by atoms with Gasteiger partial charge < -0.3 is 10.2 Å². The van der Waals surface area contributed by atoms with Crippen LogP contribution in [0.15, 0.2) is 0 Å². The standard InChI is InChI=1S/C16H35N3/c1-7-15-12-18(6)9-8-10-19(15)16(13(2)3)11-17-14(4)5/h13-17H,7-12H2,1-6H3. The average molecular weight is 269 g/mol. The lowest BCUT2D eigenvalue weighted by molar-refractivity contribution is 0.0955. The summed E-state index contributed by atoms with van der Waals surface area (Å²) in [6, 6.07) is 1.96. The minimum Gasteiger partial charge on any atom is -0.313 e. The van der Waals surface area contributed by atoms with Gasteiger partial charge in [-0.25, -0.2) is 0 Å². The van der Waals surface area contributed by atoms with Gasteiger partial charge in [-0.3, -0.25) is 4.90 Å². The Labute approximate surface area is 120 Å². The molecule has 0 bridgehead atoms. The summed E-state index contributed by atoms with van der Waals surface area (Å²) in [4.78, 5) is 5.28. The van der Waals surface area contributed by atoms with E-state index < -0.39 is 0 Å². The van der Waals surface area contributed by atoms with Gasteiger partial charge in [0.1, 0.15) is 0 Å². The summed E-state index contributed by atoms with van der Waals surface area (Å²) >= 11 is 0. The molecule has 1 heterocycles. The van der Waals surface area contributed by atoms with Crippen LogP contribution < -0.4 is 5.32 Å². The molecule has 0 radical (unpaired) electrons. The quantitative estimate of drug-likeness (QED) is 0.799. The molecule has 1 N–H and O–H groups in total. The van der Waals surface area contributed by atoms with Crippen molar-refractivity contribution >= 4 is 0 Å². The predicted octanol–water partition coefficient (Wildman–Crippen LogP) is 2.43. The van der Waals surface area contributed by atoms with E-state index in [2.05, 4.69) is 56.8 Å². The molecule has 0 amide bonds. The molecule has 0 aliphatic carbocycles. The summed E-state index contributed by atoms with van der Waals surface area (Å²) < 4.78 is 0. The molecular weight excluding hydrogens is 234 g/mol. The second kappa shape index (κ2) is 8.23. The Morgan fingerprint density at radius 2 is 1.84 bits per heavy atom. The van der Waals surface area contributed by atoms with Crippen molar-refractivity contribution in [3.8, 4) is 0 Å². The van der Waals surface area contributed by atoms with Gasteiger partial charge in [0.15, 0.2) is 0 Å². The summed E-state index contributed by atoms with van der Waals surface area (Å²) in [7, 11) is 2.27. The molecule has 19 heavy (non-hydrogen) atoms. The van der Waals surface area contributed by atoms with E-state index in [4.69, 9.17) is 0 Å². The maximum absolute atomic E-state index is 3.65. The van der Waals surface area contributed by atoms with Gasteiger partial charge in [-0.15, -0.1) is 0 Å². The largest absolute Gasteiger partial charge is 0.313 e. The van der Waals surface area contributed by atoms with Gasteiger partial charge in [0.25, 0.3) is 0 Å². The van der Waals surface area contributed by atoms with Crippen LogP contribution >= 0.6 is 0 Å². The summed E-state index contributed by atoms with van der Waals surface area (Å²) in [6.45, 7) is 16.4. The fraction of sp³-hybridized carbons (Fsp3) is 1.00. The Morgan fingerprint density at radius 3 is 2.37 bits per heavy atom. The van der Waals surface area contributed by atoms with Crippen LogP contribution in [0.1, 0.15) is 47.5 Å². The summed E-state index contributed by atoms with van der Waals surface area (Å²) in [5.41, 5.74) is 0. The number of likely N-dealkylation sites (N-methyl/N-ethyl adjacent to an activating group) is 1. The van der Waals surface area contributed by atoms with Gasteiger partial charge in [0.05, 0.1) is 0 Å². The monoisotopic (exact) mass is 269 g/mol. The van der Waals surface area contributed by atoms with Crippen molar-refractivity contribution in [3.63, 3.8) is 0 Å². The van der Waals surface area contributed by atoms with Gasteiger partial charge in [-0.1, -0.05) is 34.6 Å². The van der Waals surface area contributed by atoms with Crippen molar-refractivity contribution in [3.05, 3.63) is 0 Å². The molecule has 2 unspecified atom stereocenters.